The smallest absolute Gasteiger partial charge is 0.233 e. The van der Waals surface area contributed by atoms with E-state index in [1.807, 2.05) is 23.1 Å². The highest BCUT2D eigenvalue weighted by atomic mass is 35.5. The van der Waals surface area contributed by atoms with Gasteiger partial charge in [0.15, 0.2) is 0 Å². The molecule has 1 amide bonds. The van der Waals surface area contributed by atoms with Gasteiger partial charge >= 0.3 is 0 Å². The Hall–Kier alpha value is -1.65. The first kappa shape index (κ1) is 18.2. The van der Waals surface area contributed by atoms with Gasteiger partial charge in [-0.05, 0) is 43.7 Å². The summed E-state index contributed by atoms with van der Waals surface area (Å²) in [4.78, 5) is 17.9. The van der Waals surface area contributed by atoms with Gasteiger partial charge in [-0.25, -0.2) is 0 Å². The molecule has 1 fully saturated rings. The van der Waals surface area contributed by atoms with Gasteiger partial charge in [0.2, 0.25) is 5.91 Å². The van der Waals surface area contributed by atoms with Crippen LogP contribution in [0.1, 0.15) is 11.1 Å². The normalized spacial score (nSPS) is 14.7. The van der Waals surface area contributed by atoms with Gasteiger partial charge in [-0.2, -0.15) is 0 Å². The van der Waals surface area contributed by atoms with Crippen LogP contribution in [0.15, 0.2) is 47.4 Å². The van der Waals surface area contributed by atoms with Crippen LogP contribution in [-0.4, -0.2) is 42.7 Å². The van der Waals surface area contributed by atoms with Crippen molar-refractivity contribution in [3.63, 3.8) is 0 Å². The largest absolute Gasteiger partial charge is 0.368 e. The lowest BCUT2D eigenvalue weighted by Gasteiger charge is -2.37. The second kappa shape index (κ2) is 8.15. The number of rotatable bonds is 4. The third-order valence-corrected chi connectivity index (χ3v) is 5.76. The van der Waals surface area contributed by atoms with Gasteiger partial charge in [0.25, 0.3) is 0 Å². The fourth-order valence-corrected chi connectivity index (χ4v) is 3.96. The minimum absolute atomic E-state index is 0.216. The highest BCUT2D eigenvalue weighted by Crippen LogP contribution is 2.25. The van der Waals surface area contributed by atoms with Gasteiger partial charge in [-0.1, -0.05) is 35.4 Å². The molecule has 1 saturated heterocycles. The zero-order valence-corrected chi connectivity index (χ0v) is 16.2. The average molecular weight is 375 g/mol. The van der Waals surface area contributed by atoms with Gasteiger partial charge in [-0.15, -0.1) is 11.8 Å². The molecule has 25 heavy (non-hydrogen) atoms. The summed E-state index contributed by atoms with van der Waals surface area (Å²) in [5, 5.41) is 0.758. The van der Waals surface area contributed by atoms with E-state index in [1.54, 1.807) is 11.8 Å². The average Bonchev–Trinajstić information content (AvgIpc) is 2.63. The Labute approximate surface area is 159 Å². The molecule has 0 bridgehead atoms. The zero-order valence-electron chi connectivity index (χ0n) is 14.7. The summed E-state index contributed by atoms with van der Waals surface area (Å²) in [6, 6.07) is 14.3. The summed E-state index contributed by atoms with van der Waals surface area (Å²) < 4.78 is 0. The molecule has 2 aromatic carbocycles. The molecule has 0 saturated carbocycles. The number of nitrogens with zero attached hydrogens (tertiary/aromatic N) is 2. The molecule has 0 radical (unpaired) electrons. The standard InChI is InChI=1S/C20H23ClN2OS/c1-15-3-7-18(8-4-15)25-14-20(24)23-11-9-22(10-12-23)19-13-17(21)6-5-16(19)2/h3-8,13H,9-12,14H2,1-2H3. The van der Waals surface area contributed by atoms with E-state index in [4.69, 9.17) is 11.6 Å². The molecule has 0 aliphatic carbocycles. The van der Waals surface area contributed by atoms with Crippen LogP contribution in [0, 0.1) is 13.8 Å². The first-order valence-corrected chi connectivity index (χ1v) is 9.87. The Morgan fingerprint density at radius 2 is 1.72 bits per heavy atom. The molecule has 0 aromatic heterocycles. The number of hydrogen-bond donors (Lipinski definition) is 0. The van der Waals surface area contributed by atoms with Crippen LogP contribution in [0.5, 0.6) is 0 Å². The summed E-state index contributed by atoms with van der Waals surface area (Å²) in [5.74, 6) is 0.715. The highest BCUT2D eigenvalue weighted by Gasteiger charge is 2.22. The minimum Gasteiger partial charge on any atom is -0.368 e. The Morgan fingerprint density at radius 1 is 1.04 bits per heavy atom. The second-order valence-corrected chi connectivity index (χ2v) is 7.89. The van der Waals surface area contributed by atoms with Crippen molar-refractivity contribution in [1.82, 2.24) is 4.90 Å². The number of carbonyl (C=O) groups excluding carboxylic acids is 1. The minimum atomic E-state index is 0.216. The first-order chi connectivity index (χ1) is 12.0. The number of aryl methyl sites for hydroxylation is 2. The number of halogens is 1. The fraction of sp³-hybridized carbons (Fsp3) is 0.350. The van der Waals surface area contributed by atoms with Crippen molar-refractivity contribution in [1.29, 1.82) is 0 Å². The molecule has 0 N–H and O–H groups in total. The Bertz CT molecular complexity index is 740. The number of amides is 1. The number of benzene rings is 2. The van der Waals surface area contributed by atoms with E-state index in [-0.39, 0.29) is 5.91 Å². The maximum Gasteiger partial charge on any atom is 0.233 e. The van der Waals surface area contributed by atoms with E-state index in [0.29, 0.717) is 5.75 Å². The maximum atomic E-state index is 12.5. The monoisotopic (exact) mass is 374 g/mol. The van der Waals surface area contributed by atoms with Crippen molar-refractivity contribution in [2.75, 3.05) is 36.8 Å². The number of hydrogen-bond acceptors (Lipinski definition) is 3. The summed E-state index contributed by atoms with van der Waals surface area (Å²) in [6.07, 6.45) is 0. The van der Waals surface area contributed by atoms with E-state index in [2.05, 4.69) is 43.0 Å². The van der Waals surface area contributed by atoms with Crippen LogP contribution in [0.2, 0.25) is 5.02 Å². The van der Waals surface area contributed by atoms with Crippen molar-refractivity contribution >= 4 is 35.0 Å². The highest BCUT2D eigenvalue weighted by molar-refractivity contribution is 8.00. The van der Waals surface area contributed by atoms with Crippen LogP contribution < -0.4 is 4.90 Å². The topological polar surface area (TPSA) is 23.6 Å². The van der Waals surface area contributed by atoms with Crippen molar-refractivity contribution < 1.29 is 4.79 Å². The van der Waals surface area contributed by atoms with E-state index in [1.165, 1.54) is 16.8 Å². The van der Waals surface area contributed by atoms with Crippen molar-refractivity contribution in [2.24, 2.45) is 0 Å². The van der Waals surface area contributed by atoms with Gasteiger partial charge in [-0.3, -0.25) is 4.79 Å². The molecular formula is C20H23ClN2OS. The van der Waals surface area contributed by atoms with Crippen LogP contribution in [0.4, 0.5) is 5.69 Å². The fourth-order valence-electron chi connectivity index (χ4n) is 2.99. The molecule has 2 aromatic rings. The summed E-state index contributed by atoms with van der Waals surface area (Å²) in [5.41, 5.74) is 3.64. The summed E-state index contributed by atoms with van der Waals surface area (Å²) in [6.45, 7) is 7.39. The lowest BCUT2D eigenvalue weighted by atomic mass is 10.1. The third-order valence-electron chi connectivity index (χ3n) is 4.53. The lowest BCUT2D eigenvalue weighted by molar-refractivity contribution is -0.128. The molecule has 0 spiro atoms. The van der Waals surface area contributed by atoms with Crippen LogP contribution >= 0.6 is 23.4 Å². The van der Waals surface area contributed by atoms with Gasteiger partial charge in [0.05, 0.1) is 5.75 Å². The van der Waals surface area contributed by atoms with Crippen LogP contribution in [0.3, 0.4) is 0 Å². The lowest BCUT2D eigenvalue weighted by Crippen LogP contribution is -2.49. The maximum absolute atomic E-state index is 12.5. The third kappa shape index (κ3) is 4.71. The molecule has 3 rings (SSSR count). The van der Waals surface area contributed by atoms with Crippen molar-refractivity contribution in [3.8, 4) is 0 Å². The van der Waals surface area contributed by atoms with Crippen molar-refractivity contribution in [2.45, 2.75) is 18.7 Å². The predicted molar refractivity (Wildman–Crippen MR) is 107 cm³/mol. The molecule has 132 valence electrons. The molecular weight excluding hydrogens is 352 g/mol. The van der Waals surface area contributed by atoms with Crippen LogP contribution in [-0.2, 0) is 4.79 Å². The first-order valence-electron chi connectivity index (χ1n) is 8.51. The molecule has 1 aliphatic heterocycles. The van der Waals surface area contributed by atoms with Crippen LogP contribution in [0.25, 0.3) is 0 Å². The molecule has 5 heteroatoms. The summed E-state index contributed by atoms with van der Waals surface area (Å²) >= 11 is 7.74. The van der Waals surface area contributed by atoms with E-state index in [9.17, 15) is 4.79 Å². The number of carbonyl (C=O) groups is 1. The Kier molecular flexibility index (Phi) is 5.92. The Balaban J connectivity index is 1.52. The Morgan fingerprint density at radius 3 is 2.40 bits per heavy atom. The van der Waals surface area contributed by atoms with E-state index < -0.39 is 0 Å². The zero-order chi connectivity index (χ0) is 17.8. The predicted octanol–water partition coefficient (Wildman–Crippen LogP) is 4.40. The SMILES string of the molecule is Cc1ccc(SCC(=O)N2CCN(c3cc(Cl)ccc3C)CC2)cc1. The quantitative estimate of drug-likeness (QED) is 0.741. The van der Waals surface area contributed by atoms with Crippen molar-refractivity contribution in [3.05, 3.63) is 58.6 Å². The van der Waals surface area contributed by atoms with Gasteiger partial charge in [0.1, 0.15) is 0 Å². The number of piperazine rings is 1. The summed E-state index contributed by atoms with van der Waals surface area (Å²) in [7, 11) is 0. The van der Waals surface area contributed by atoms with Gasteiger partial charge < -0.3 is 9.80 Å². The van der Waals surface area contributed by atoms with E-state index >= 15 is 0 Å². The van der Waals surface area contributed by atoms with E-state index in [0.717, 1.165) is 36.1 Å². The molecule has 0 unspecified atom stereocenters. The molecule has 0 atom stereocenters. The second-order valence-electron chi connectivity index (χ2n) is 6.40. The molecule has 1 heterocycles. The molecule has 1 aliphatic rings. The number of thioether (sulfide) groups is 1. The number of anilines is 1. The van der Waals surface area contributed by atoms with Gasteiger partial charge in [0, 0.05) is 41.8 Å². The molecule has 3 nitrogen and oxygen atoms in total.